The van der Waals surface area contributed by atoms with Gasteiger partial charge in [-0.2, -0.15) is 13.2 Å². The van der Waals surface area contributed by atoms with Crippen LogP contribution in [0.3, 0.4) is 0 Å². The normalized spacial score (nSPS) is 13.5. The lowest BCUT2D eigenvalue weighted by Gasteiger charge is -2.16. The Morgan fingerprint density at radius 2 is 1.70 bits per heavy atom. The van der Waals surface area contributed by atoms with Crippen molar-refractivity contribution >= 4 is 23.2 Å². The number of nitrogens with one attached hydrogen (secondary N) is 2. The Morgan fingerprint density at radius 1 is 1.00 bits per heavy atom. The highest BCUT2D eigenvalue weighted by atomic mass is 19.4. The summed E-state index contributed by atoms with van der Waals surface area (Å²) in [5.41, 5.74) is -0.821. The maximum Gasteiger partial charge on any atom is 0.418 e. The zero-order valence-corrected chi connectivity index (χ0v) is 16.4. The number of hydrogen-bond acceptors (Lipinski definition) is 4. The first-order chi connectivity index (χ1) is 14.2. The number of halogens is 3. The monoisotopic (exact) mass is 422 g/mol. The molecule has 0 spiro atoms. The molecule has 1 fully saturated rings. The highest BCUT2D eigenvalue weighted by molar-refractivity contribution is 5.96. The van der Waals surface area contributed by atoms with Crippen molar-refractivity contribution in [3.05, 3.63) is 47.5 Å². The summed E-state index contributed by atoms with van der Waals surface area (Å²) in [4.78, 5) is 24.2. The van der Waals surface area contributed by atoms with Crippen LogP contribution in [0.25, 0.3) is 0 Å². The SMILES string of the molecule is COc1ccc(CC(=O)Nc2ccc(NC(=O)C3CC3)cc2C(F)(F)F)cc1OC. The van der Waals surface area contributed by atoms with E-state index in [-0.39, 0.29) is 29.6 Å². The van der Waals surface area contributed by atoms with E-state index in [0.717, 1.165) is 25.0 Å². The second kappa shape index (κ2) is 8.64. The summed E-state index contributed by atoms with van der Waals surface area (Å²) in [5, 5.41) is 4.79. The van der Waals surface area contributed by atoms with Crippen LogP contribution in [0.5, 0.6) is 11.5 Å². The number of alkyl halides is 3. The van der Waals surface area contributed by atoms with Crippen LogP contribution in [0, 0.1) is 5.92 Å². The molecule has 9 heteroatoms. The lowest BCUT2D eigenvalue weighted by Crippen LogP contribution is -2.19. The minimum Gasteiger partial charge on any atom is -0.493 e. The van der Waals surface area contributed by atoms with Gasteiger partial charge in [0.05, 0.1) is 31.9 Å². The Kier molecular flexibility index (Phi) is 6.19. The first kappa shape index (κ1) is 21.5. The molecule has 1 saturated carbocycles. The Morgan fingerprint density at radius 3 is 2.30 bits per heavy atom. The van der Waals surface area contributed by atoms with Crippen LogP contribution in [-0.2, 0) is 22.2 Å². The lowest BCUT2D eigenvalue weighted by atomic mass is 10.1. The molecule has 3 rings (SSSR count). The van der Waals surface area contributed by atoms with Crippen molar-refractivity contribution in [3.8, 4) is 11.5 Å². The van der Waals surface area contributed by atoms with Crippen LogP contribution < -0.4 is 20.1 Å². The molecule has 0 saturated heterocycles. The third-order valence-electron chi connectivity index (χ3n) is 4.63. The molecule has 160 valence electrons. The molecular formula is C21H21F3N2O4. The van der Waals surface area contributed by atoms with Gasteiger partial charge in [-0.3, -0.25) is 9.59 Å². The number of benzene rings is 2. The number of carbonyl (C=O) groups is 2. The molecule has 30 heavy (non-hydrogen) atoms. The van der Waals surface area contributed by atoms with Crippen LogP contribution in [0.1, 0.15) is 24.0 Å². The molecule has 2 aromatic rings. The van der Waals surface area contributed by atoms with Crippen LogP contribution in [0.4, 0.5) is 24.5 Å². The van der Waals surface area contributed by atoms with E-state index in [2.05, 4.69) is 10.6 Å². The molecule has 0 aliphatic heterocycles. The molecule has 0 heterocycles. The second-order valence-corrected chi connectivity index (χ2v) is 6.94. The fraction of sp³-hybridized carbons (Fsp3) is 0.333. The zero-order valence-electron chi connectivity index (χ0n) is 16.4. The highest BCUT2D eigenvalue weighted by Crippen LogP contribution is 2.37. The Hall–Kier alpha value is -3.23. The summed E-state index contributed by atoms with van der Waals surface area (Å²) < 4.78 is 50.8. The van der Waals surface area contributed by atoms with Crippen LogP contribution >= 0.6 is 0 Å². The Labute approximate surface area is 171 Å². The first-order valence-corrected chi connectivity index (χ1v) is 9.24. The van der Waals surface area contributed by atoms with Crippen molar-refractivity contribution in [2.75, 3.05) is 24.9 Å². The maximum absolute atomic E-state index is 13.5. The molecule has 1 aliphatic rings. The summed E-state index contributed by atoms with van der Waals surface area (Å²) in [6, 6.07) is 8.12. The average molecular weight is 422 g/mol. The molecule has 0 unspecified atom stereocenters. The minimum absolute atomic E-state index is 0.0390. The predicted molar refractivity (Wildman–Crippen MR) is 105 cm³/mol. The van der Waals surface area contributed by atoms with Gasteiger partial charge in [-0.05, 0) is 48.7 Å². The van der Waals surface area contributed by atoms with E-state index in [1.807, 2.05) is 0 Å². The average Bonchev–Trinajstić information content (AvgIpc) is 3.53. The number of amides is 2. The minimum atomic E-state index is -4.70. The third kappa shape index (κ3) is 5.22. The number of ether oxygens (including phenoxy) is 2. The molecular weight excluding hydrogens is 401 g/mol. The molecule has 2 aromatic carbocycles. The number of rotatable bonds is 7. The molecule has 0 radical (unpaired) electrons. The molecule has 0 aromatic heterocycles. The van der Waals surface area contributed by atoms with Crippen molar-refractivity contribution in [1.82, 2.24) is 0 Å². The number of carbonyl (C=O) groups excluding carboxylic acids is 2. The number of anilines is 2. The van der Waals surface area contributed by atoms with Gasteiger partial charge in [-0.25, -0.2) is 0 Å². The Balaban J connectivity index is 1.76. The molecule has 0 bridgehead atoms. The van der Waals surface area contributed by atoms with Crippen molar-refractivity contribution in [2.24, 2.45) is 5.92 Å². The summed E-state index contributed by atoms with van der Waals surface area (Å²) in [5.74, 6) is -0.171. The van der Waals surface area contributed by atoms with E-state index in [9.17, 15) is 22.8 Å². The van der Waals surface area contributed by atoms with Gasteiger partial charge in [0.25, 0.3) is 0 Å². The number of hydrogen-bond donors (Lipinski definition) is 2. The van der Waals surface area contributed by atoms with E-state index in [1.165, 1.54) is 20.3 Å². The third-order valence-corrected chi connectivity index (χ3v) is 4.63. The van der Waals surface area contributed by atoms with E-state index in [0.29, 0.717) is 17.1 Å². The lowest BCUT2D eigenvalue weighted by molar-refractivity contribution is -0.137. The molecule has 6 nitrogen and oxygen atoms in total. The van der Waals surface area contributed by atoms with Gasteiger partial charge in [0, 0.05) is 11.6 Å². The van der Waals surface area contributed by atoms with Gasteiger partial charge in [0.15, 0.2) is 11.5 Å². The van der Waals surface area contributed by atoms with Gasteiger partial charge in [0.2, 0.25) is 11.8 Å². The standard InChI is InChI=1S/C21H21F3N2O4/c1-29-17-8-3-12(9-18(17)30-2)10-19(27)26-16-7-6-14(11-15(16)21(22,23)24)25-20(28)13-4-5-13/h3,6-9,11,13H,4-5,10H2,1-2H3,(H,25,28)(H,26,27). The fourth-order valence-corrected chi connectivity index (χ4v) is 2.93. The topological polar surface area (TPSA) is 76.7 Å². The van der Waals surface area contributed by atoms with Crippen molar-refractivity contribution in [1.29, 1.82) is 0 Å². The molecule has 1 aliphatic carbocycles. The predicted octanol–water partition coefficient (Wildman–Crippen LogP) is 4.25. The molecule has 2 amide bonds. The quantitative estimate of drug-likeness (QED) is 0.699. The van der Waals surface area contributed by atoms with Crippen LogP contribution in [-0.4, -0.2) is 26.0 Å². The highest BCUT2D eigenvalue weighted by Gasteiger charge is 2.35. The van der Waals surface area contributed by atoms with E-state index in [4.69, 9.17) is 9.47 Å². The maximum atomic E-state index is 13.5. The summed E-state index contributed by atoms with van der Waals surface area (Å²) in [6.45, 7) is 0. The largest absolute Gasteiger partial charge is 0.493 e. The van der Waals surface area contributed by atoms with E-state index in [1.54, 1.807) is 18.2 Å². The summed E-state index contributed by atoms with van der Waals surface area (Å²) in [6.07, 6.45) is -3.38. The molecule has 2 N–H and O–H groups in total. The van der Waals surface area contributed by atoms with Gasteiger partial charge < -0.3 is 20.1 Å². The first-order valence-electron chi connectivity index (χ1n) is 9.24. The van der Waals surface area contributed by atoms with Crippen molar-refractivity contribution < 1.29 is 32.2 Å². The Bertz CT molecular complexity index is 956. The molecule has 0 atom stereocenters. The zero-order chi connectivity index (χ0) is 21.9. The van der Waals surface area contributed by atoms with Crippen LogP contribution in [0.2, 0.25) is 0 Å². The van der Waals surface area contributed by atoms with Gasteiger partial charge in [-0.15, -0.1) is 0 Å². The fourth-order valence-electron chi connectivity index (χ4n) is 2.93. The van der Waals surface area contributed by atoms with E-state index < -0.39 is 17.6 Å². The smallest absolute Gasteiger partial charge is 0.418 e. The van der Waals surface area contributed by atoms with E-state index >= 15 is 0 Å². The summed E-state index contributed by atoms with van der Waals surface area (Å²) >= 11 is 0. The number of methoxy groups -OCH3 is 2. The van der Waals surface area contributed by atoms with Gasteiger partial charge >= 0.3 is 6.18 Å². The van der Waals surface area contributed by atoms with Crippen LogP contribution in [0.15, 0.2) is 36.4 Å². The van der Waals surface area contributed by atoms with Gasteiger partial charge in [-0.1, -0.05) is 6.07 Å². The summed E-state index contributed by atoms with van der Waals surface area (Å²) in [7, 11) is 2.92. The van der Waals surface area contributed by atoms with Crippen molar-refractivity contribution in [3.63, 3.8) is 0 Å². The van der Waals surface area contributed by atoms with Gasteiger partial charge in [0.1, 0.15) is 0 Å². The second-order valence-electron chi connectivity index (χ2n) is 6.94. The van der Waals surface area contributed by atoms with Crippen molar-refractivity contribution in [2.45, 2.75) is 25.4 Å².